The molecule has 5 heteroatoms. The number of nitrogens with one attached hydrogen (secondary N) is 1. The maximum Gasteiger partial charge on any atom is 0.220 e. The van der Waals surface area contributed by atoms with E-state index in [1.807, 2.05) is 37.5 Å². The molecule has 3 aromatic rings. The molecule has 0 spiro atoms. The van der Waals surface area contributed by atoms with E-state index >= 15 is 0 Å². The lowest BCUT2D eigenvalue weighted by Crippen LogP contribution is -2.26. The van der Waals surface area contributed by atoms with Gasteiger partial charge < -0.3 is 9.88 Å². The minimum absolute atomic E-state index is 0.0207. The SMILES string of the molecule is C[C@@H](CC(=O)NCCCn1cnc2ccccc21)c1ccc(F)cc1. The van der Waals surface area contributed by atoms with Crippen LogP contribution in [0.4, 0.5) is 4.39 Å². The van der Waals surface area contributed by atoms with Gasteiger partial charge in [0.25, 0.3) is 0 Å². The molecule has 25 heavy (non-hydrogen) atoms. The topological polar surface area (TPSA) is 46.9 Å². The number of fused-ring (bicyclic) bond motifs is 1. The molecule has 0 saturated heterocycles. The lowest BCUT2D eigenvalue weighted by atomic mass is 9.97. The predicted molar refractivity (Wildman–Crippen MR) is 96.8 cm³/mol. The number of hydrogen-bond donors (Lipinski definition) is 1. The fourth-order valence-electron chi connectivity index (χ4n) is 2.93. The van der Waals surface area contributed by atoms with Gasteiger partial charge >= 0.3 is 0 Å². The maximum absolute atomic E-state index is 12.9. The Bertz CT molecular complexity index is 842. The Kier molecular flexibility index (Phi) is 5.43. The molecule has 4 nitrogen and oxygen atoms in total. The molecule has 1 aromatic heterocycles. The quantitative estimate of drug-likeness (QED) is 0.664. The fraction of sp³-hybridized carbons (Fsp3) is 0.300. The summed E-state index contributed by atoms with van der Waals surface area (Å²) in [5, 5.41) is 2.96. The molecule has 1 N–H and O–H groups in total. The van der Waals surface area contributed by atoms with E-state index in [2.05, 4.69) is 14.9 Å². The lowest BCUT2D eigenvalue weighted by molar-refractivity contribution is -0.121. The van der Waals surface area contributed by atoms with Crippen molar-refractivity contribution in [2.24, 2.45) is 0 Å². The molecule has 2 aromatic carbocycles. The minimum Gasteiger partial charge on any atom is -0.356 e. The van der Waals surface area contributed by atoms with Crippen LogP contribution in [-0.2, 0) is 11.3 Å². The van der Waals surface area contributed by atoms with Gasteiger partial charge in [0.1, 0.15) is 5.82 Å². The summed E-state index contributed by atoms with van der Waals surface area (Å²) in [5.74, 6) is -0.169. The average molecular weight is 339 g/mol. The summed E-state index contributed by atoms with van der Waals surface area (Å²) < 4.78 is 15.0. The van der Waals surface area contributed by atoms with Crippen LogP contribution in [0.5, 0.6) is 0 Å². The van der Waals surface area contributed by atoms with Crippen LogP contribution in [0.15, 0.2) is 54.9 Å². The first-order valence-corrected chi connectivity index (χ1v) is 8.55. The lowest BCUT2D eigenvalue weighted by Gasteiger charge is -2.12. The fourth-order valence-corrected chi connectivity index (χ4v) is 2.93. The van der Waals surface area contributed by atoms with Crippen molar-refractivity contribution in [2.45, 2.75) is 32.2 Å². The number of carbonyl (C=O) groups excluding carboxylic acids is 1. The summed E-state index contributed by atoms with van der Waals surface area (Å²) in [6.07, 6.45) is 3.08. The van der Waals surface area contributed by atoms with Crippen molar-refractivity contribution in [1.29, 1.82) is 0 Å². The third-order valence-corrected chi connectivity index (χ3v) is 4.36. The van der Waals surface area contributed by atoms with Crippen molar-refractivity contribution < 1.29 is 9.18 Å². The van der Waals surface area contributed by atoms with E-state index in [1.165, 1.54) is 12.1 Å². The van der Waals surface area contributed by atoms with Gasteiger partial charge in [-0.1, -0.05) is 31.2 Å². The highest BCUT2D eigenvalue weighted by molar-refractivity contribution is 5.77. The summed E-state index contributed by atoms with van der Waals surface area (Å²) in [4.78, 5) is 16.4. The van der Waals surface area contributed by atoms with Gasteiger partial charge in [0, 0.05) is 19.5 Å². The minimum atomic E-state index is -0.257. The van der Waals surface area contributed by atoms with Crippen molar-refractivity contribution >= 4 is 16.9 Å². The number of benzene rings is 2. The van der Waals surface area contributed by atoms with Crippen LogP contribution in [0, 0.1) is 5.82 Å². The molecule has 0 unspecified atom stereocenters. The zero-order valence-corrected chi connectivity index (χ0v) is 14.3. The molecule has 0 radical (unpaired) electrons. The summed E-state index contributed by atoms with van der Waals surface area (Å²) in [6, 6.07) is 14.3. The number of nitrogens with zero attached hydrogens (tertiary/aromatic N) is 2. The maximum atomic E-state index is 12.9. The first kappa shape index (κ1) is 17.1. The van der Waals surface area contributed by atoms with Crippen LogP contribution in [0.2, 0.25) is 0 Å². The highest BCUT2D eigenvalue weighted by atomic mass is 19.1. The molecule has 1 heterocycles. The molecule has 3 rings (SSSR count). The van der Waals surface area contributed by atoms with Crippen molar-refractivity contribution in [2.75, 3.05) is 6.54 Å². The number of imidazole rings is 1. The zero-order chi connectivity index (χ0) is 17.6. The summed E-state index contributed by atoms with van der Waals surface area (Å²) >= 11 is 0. The number of hydrogen-bond acceptors (Lipinski definition) is 2. The Morgan fingerprint density at radius 2 is 1.96 bits per heavy atom. The second kappa shape index (κ2) is 7.92. The van der Waals surface area contributed by atoms with E-state index in [9.17, 15) is 9.18 Å². The standard InChI is InChI=1S/C20H22FN3O/c1-15(16-7-9-17(21)10-8-16)13-20(25)22-11-4-12-24-14-23-18-5-2-3-6-19(18)24/h2-3,5-10,14-15H,4,11-13H2,1H3,(H,22,25)/t15-/m0/s1. The van der Waals surface area contributed by atoms with Gasteiger partial charge in [0.15, 0.2) is 0 Å². The van der Waals surface area contributed by atoms with E-state index in [0.29, 0.717) is 13.0 Å². The molecular formula is C20H22FN3O. The second-order valence-corrected chi connectivity index (χ2v) is 6.29. The zero-order valence-electron chi connectivity index (χ0n) is 14.3. The summed E-state index contributed by atoms with van der Waals surface area (Å²) in [7, 11) is 0. The van der Waals surface area contributed by atoms with Crippen molar-refractivity contribution in [3.05, 3.63) is 66.2 Å². The van der Waals surface area contributed by atoms with Gasteiger partial charge in [-0.05, 0) is 42.2 Å². The summed E-state index contributed by atoms with van der Waals surface area (Å²) in [6.45, 7) is 3.42. The number of aromatic nitrogens is 2. The van der Waals surface area contributed by atoms with E-state index in [1.54, 1.807) is 12.1 Å². The number of amides is 1. The van der Waals surface area contributed by atoms with E-state index in [4.69, 9.17) is 0 Å². The van der Waals surface area contributed by atoms with Gasteiger partial charge in [0.05, 0.1) is 17.4 Å². The molecule has 0 aliphatic rings. The molecule has 0 saturated carbocycles. The van der Waals surface area contributed by atoms with Gasteiger partial charge in [-0.15, -0.1) is 0 Å². The Morgan fingerprint density at radius 3 is 2.76 bits per heavy atom. The number of carbonyl (C=O) groups is 1. The Morgan fingerprint density at radius 1 is 1.20 bits per heavy atom. The number of halogens is 1. The second-order valence-electron chi connectivity index (χ2n) is 6.29. The van der Waals surface area contributed by atoms with Gasteiger partial charge in [-0.25, -0.2) is 9.37 Å². The Labute approximate surface area is 146 Å². The normalized spacial score (nSPS) is 12.2. The third-order valence-electron chi connectivity index (χ3n) is 4.36. The largest absolute Gasteiger partial charge is 0.356 e. The van der Waals surface area contributed by atoms with Crippen molar-refractivity contribution in [3.63, 3.8) is 0 Å². The van der Waals surface area contributed by atoms with Crippen LogP contribution in [0.25, 0.3) is 11.0 Å². The molecule has 1 amide bonds. The molecule has 0 aliphatic carbocycles. The molecule has 0 aliphatic heterocycles. The average Bonchev–Trinajstić information content (AvgIpc) is 3.02. The van der Waals surface area contributed by atoms with E-state index in [-0.39, 0.29) is 17.6 Å². The number of rotatable bonds is 7. The van der Waals surface area contributed by atoms with Crippen LogP contribution in [0.3, 0.4) is 0 Å². The third kappa shape index (κ3) is 4.44. The number of para-hydroxylation sites is 2. The first-order chi connectivity index (χ1) is 12.1. The van der Waals surface area contributed by atoms with Gasteiger partial charge in [0.2, 0.25) is 5.91 Å². The summed E-state index contributed by atoms with van der Waals surface area (Å²) in [5.41, 5.74) is 3.07. The molecular weight excluding hydrogens is 317 g/mol. The van der Waals surface area contributed by atoms with Crippen LogP contribution in [0.1, 0.15) is 31.2 Å². The first-order valence-electron chi connectivity index (χ1n) is 8.55. The van der Waals surface area contributed by atoms with Gasteiger partial charge in [-0.3, -0.25) is 4.79 Å². The van der Waals surface area contributed by atoms with Crippen LogP contribution < -0.4 is 5.32 Å². The predicted octanol–water partition coefficient (Wildman–Crippen LogP) is 3.88. The van der Waals surface area contributed by atoms with E-state index in [0.717, 1.165) is 29.6 Å². The number of aryl methyl sites for hydroxylation is 1. The molecule has 1 atom stereocenters. The highest BCUT2D eigenvalue weighted by Crippen LogP contribution is 2.19. The Balaban J connectivity index is 1.42. The van der Waals surface area contributed by atoms with E-state index < -0.39 is 0 Å². The van der Waals surface area contributed by atoms with Crippen molar-refractivity contribution in [3.8, 4) is 0 Å². The van der Waals surface area contributed by atoms with Crippen LogP contribution >= 0.6 is 0 Å². The monoisotopic (exact) mass is 339 g/mol. The van der Waals surface area contributed by atoms with Crippen molar-refractivity contribution in [1.82, 2.24) is 14.9 Å². The molecule has 130 valence electrons. The molecule has 0 fully saturated rings. The highest BCUT2D eigenvalue weighted by Gasteiger charge is 2.11. The van der Waals surface area contributed by atoms with Crippen LogP contribution in [-0.4, -0.2) is 22.0 Å². The van der Waals surface area contributed by atoms with Gasteiger partial charge in [-0.2, -0.15) is 0 Å². The smallest absolute Gasteiger partial charge is 0.220 e. The molecule has 0 bridgehead atoms. The Hall–Kier alpha value is -2.69.